The van der Waals surface area contributed by atoms with Crippen LogP contribution in [0, 0.1) is 0 Å². The monoisotopic (exact) mass is 131 g/mol. The summed E-state index contributed by atoms with van der Waals surface area (Å²) in [7, 11) is 1.72. The normalized spacial score (nSPS) is 1.00. The Bertz CT molecular complexity index is 8.00. The topological polar surface area (TPSA) is 17.1 Å². The molecule has 0 aromatic rings. The van der Waals surface area contributed by atoms with Gasteiger partial charge < -0.3 is 0 Å². The molecule has 0 spiro atoms. The van der Waals surface area contributed by atoms with Crippen molar-refractivity contribution in [2.45, 2.75) is 0 Å². The van der Waals surface area contributed by atoms with Crippen LogP contribution in [0.2, 0.25) is 0 Å². The van der Waals surface area contributed by atoms with E-state index in [1.165, 1.54) is 0 Å². The fourth-order valence-corrected chi connectivity index (χ4v) is 0. The van der Waals surface area contributed by atoms with E-state index in [0.717, 1.165) is 0 Å². The van der Waals surface area contributed by atoms with E-state index in [-0.39, 0.29) is 46.3 Å². The summed E-state index contributed by atoms with van der Waals surface area (Å²) >= 11 is 0. The first-order valence-electron chi connectivity index (χ1n) is 0.204. The van der Waals surface area contributed by atoms with Crippen molar-refractivity contribution in [3.05, 3.63) is 0 Å². The average Bonchev–Trinajstić information content (AvgIpc) is 1.00. The Balaban J connectivity index is -0.00000000500. The summed E-state index contributed by atoms with van der Waals surface area (Å²) in [6.07, 6.45) is 0. The third-order valence-electron chi connectivity index (χ3n) is 0. The van der Waals surface area contributed by atoms with Crippen LogP contribution < -0.4 is 0 Å². The number of hydrogen-bond donors (Lipinski definition) is 0. The van der Waals surface area contributed by atoms with Gasteiger partial charge in [0.1, 0.15) is 9.12 Å². The van der Waals surface area contributed by atoms with Crippen LogP contribution in [0.4, 0.5) is 0 Å². The van der Waals surface area contributed by atoms with E-state index in [1.54, 1.807) is 9.12 Å². The molecule has 0 unspecified atom stereocenters. The van der Waals surface area contributed by atoms with Gasteiger partial charge >= 0.3 is 29.6 Å². The van der Waals surface area contributed by atoms with Gasteiger partial charge in [-0.05, 0) is 0 Å². The van der Waals surface area contributed by atoms with Crippen molar-refractivity contribution in [2.75, 3.05) is 0 Å². The van der Waals surface area contributed by atoms with Crippen LogP contribution in [-0.4, -0.2) is 29.6 Å². The summed E-state index contributed by atoms with van der Waals surface area (Å²) in [4.78, 5) is 0. The van der Waals surface area contributed by atoms with Gasteiger partial charge in [0.2, 0.25) is 0 Å². The summed E-state index contributed by atoms with van der Waals surface area (Å²) in [5.41, 5.74) is 0. The van der Waals surface area contributed by atoms with Gasteiger partial charge in [-0.25, -0.2) is 0 Å². The fourth-order valence-electron chi connectivity index (χ4n) is 0. The third-order valence-corrected chi connectivity index (χ3v) is 0. The standard InChI is InChI=1S/Co.Na.HOP.H/c;;1-2;/h;;2H;. The molecule has 0 saturated heterocycles. The maximum absolute atomic E-state index is 8.06. The van der Waals surface area contributed by atoms with Crippen molar-refractivity contribution in [3.8, 4) is 0 Å². The summed E-state index contributed by atoms with van der Waals surface area (Å²) in [6, 6.07) is 0. The molecule has 0 aliphatic carbocycles. The summed E-state index contributed by atoms with van der Waals surface area (Å²) in [5.74, 6) is 0. The molecule has 0 heterocycles. The van der Waals surface area contributed by atoms with E-state index in [1.807, 2.05) is 0 Å². The van der Waals surface area contributed by atoms with E-state index in [2.05, 4.69) is 0 Å². The minimum absolute atomic E-state index is 0. The Morgan fingerprint density at radius 3 is 1.25 bits per heavy atom. The maximum atomic E-state index is 8.06. The van der Waals surface area contributed by atoms with E-state index in [9.17, 15) is 0 Å². The van der Waals surface area contributed by atoms with Gasteiger partial charge in [-0.2, -0.15) is 0 Å². The molecule has 1 nitrogen and oxygen atoms in total. The van der Waals surface area contributed by atoms with Crippen LogP contribution in [0.15, 0.2) is 0 Å². The van der Waals surface area contributed by atoms with Crippen molar-refractivity contribution in [2.24, 2.45) is 0 Å². The van der Waals surface area contributed by atoms with Crippen LogP contribution >= 0.6 is 9.12 Å². The third kappa shape index (κ3) is 9.49. The number of hydrogen-bond acceptors (Lipinski definition) is 1. The van der Waals surface area contributed by atoms with Gasteiger partial charge in [-0.1, -0.05) is 0 Å². The quantitative estimate of drug-likeness (QED) is 0.329. The van der Waals surface area contributed by atoms with Crippen LogP contribution in [0.25, 0.3) is 0 Å². The molecule has 0 aliphatic heterocycles. The predicted octanol–water partition coefficient (Wildman–Crippen LogP) is -0.176. The van der Waals surface area contributed by atoms with Crippen molar-refractivity contribution >= 4 is 38.7 Å². The Kier molecular flexibility index (Phi) is 102. The van der Waals surface area contributed by atoms with E-state index < -0.39 is 0 Å². The molecule has 4 heteroatoms. The minimum atomic E-state index is 0. The van der Waals surface area contributed by atoms with Crippen molar-refractivity contribution in [1.29, 1.82) is 0 Å². The van der Waals surface area contributed by atoms with Gasteiger partial charge in [0, 0.05) is 16.8 Å². The zero-order valence-electron chi connectivity index (χ0n) is 1.24. The molecule has 0 rings (SSSR count). The van der Waals surface area contributed by atoms with Gasteiger partial charge in [-0.3, -0.25) is 4.57 Å². The van der Waals surface area contributed by atoms with Gasteiger partial charge in [0.25, 0.3) is 0 Å². The summed E-state index contributed by atoms with van der Waals surface area (Å²) < 4.78 is 8.06. The molecule has 0 N–H and O–H groups in total. The molecule has 23 valence electrons. The second kappa shape index (κ2) is 23.2. The van der Waals surface area contributed by atoms with Crippen LogP contribution in [-0.2, 0) is 21.3 Å². The van der Waals surface area contributed by atoms with Crippen LogP contribution in [0.1, 0.15) is 0 Å². The molecule has 0 saturated carbocycles. The summed E-state index contributed by atoms with van der Waals surface area (Å²) in [6.45, 7) is 0. The Labute approximate surface area is 59.6 Å². The first-order chi connectivity index (χ1) is 1.00. The Hall–Kier alpha value is 1.61. The molecular formula is H2CoNaOP. The molecule has 0 aromatic carbocycles. The van der Waals surface area contributed by atoms with Gasteiger partial charge in [-0.15, -0.1) is 0 Å². The molecule has 1 radical (unpaired) electrons. The molecule has 0 aliphatic rings. The molecule has 0 bridgehead atoms. The number of rotatable bonds is 0. The van der Waals surface area contributed by atoms with E-state index >= 15 is 0 Å². The van der Waals surface area contributed by atoms with Gasteiger partial charge in [0.15, 0.2) is 0 Å². The zero-order valence-corrected chi connectivity index (χ0v) is 3.28. The molecule has 4 heavy (non-hydrogen) atoms. The van der Waals surface area contributed by atoms with Crippen molar-refractivity contribution in [1.82, 2.24) is 0 Å². The van der Waals surface area contributed by atoms with Crippen LogP contribution in [0.5, 0.6) is 0 Å². The Morgan fingerprint density at radius 2 is 1.25 bits per heavy atom. The average molecular weight is 131 g/mol. The zero-order chi connectivity index (χ0) is 2.00. The predicted molar refractivity (Wildman–Crippen MR) is 16.2 cm³/mol. The summed E-state index contributed by atoms with van der Waals surface area (Å²) in [5, 5.41) is 0. The van der Waals surface area contributed by atoms with Crippen molar-refractivity contribution in [3.63, 3.8) is 0 Å². The first kappa shape index (κ1) is 17.5. The molecule has 0 amide bonds. The fraction of sp³-hybridized carbons (Fsp3) is 0. The van der Waals surface area contributed by atoms with E-state index in [0.29, 0.717) is 0 Å². The second-order valence-electron chi connectivity index (χ2n) is 0. The SMILES string of the molecule is O=P.[Co].[NaH]. The van der Waals surface area contributed by atoms with Crippen LogP contribution in [0.3, 0.4) is 0 Å². The molecule has 0 atom stereocenters. The van der Waals surface area contributed by atoms with Crippen molar-refractivity contribution < 1.29 is 21.3 Å². The second-order valence-corrected chi connectivity index (χ2v) is 0. The van der Waals surface area contributed by atoms with Gasteiger partial charge in [0.05, 0.1) is 0 Å². The molecular weight excluding hydrogens is 129 g/mol. The van der Waals surface area contributed by atoms with E-state index in [4.69, 9.17) is 4.57 Å². The Morgan fingerprint density at radius 1 is 1.25 bits per heavy atom. The first-order valence-corrected chi connectivity index (χ1v) is 0.612. The molecule has 0 aromatic heterocycles. The molecule has 0 fully saturated rings.